The maximum absolute atomic E-state index is 13.5. The van der Waals surface area contributed by atoms with Crippen LogP contribution in [-0.2, 0) is 31.5 Å². The Labute approximate surface area is 260 Å². The molecular formula is C32H33ClFN3O6S. The van der Waals surface area contributed by atoms with E-state index in [4.69, 9.17) is 30.5 Å². The first-order valence-electron chi connectivity index (χ1n) is 14.1. The zero-order valence-corrected chi connectivity index (χ0v) is 26.0. The Kier molecular flexibility index (Phi) is 9.87. The van der Waals surface area contributed by atoms with Gasteiger partial charge in [-0.05, 0) is 48.0 Å². The Balaban J connectivity index is 1.36. The molecule has 1 unspecified atom stereocenters. The summed E-state index contributed by atoms with van der Waals surface area (Å²) in [7, 11) is -1.52. The highest BCUT2D eigenvalue weighted by Gasteiger charge is 2.38. The monoisotopic (exact) mass is 641 g/mol. The van der Waals surface area contributed by atoms with Crippen molar-refractivity contribution in [3.63, 3.8) is 0 Å². The molecule has 1 N–H and O–H groups in total. The van der Waals surface area contributed by atoms with Crippen LogP contribution in [0.5, 0.6) is 11.5 Å². The van der Waals surface area contributed by atoms with Crippen LogP contribution in [0.2, 0.25) is 5.02 Å². The number of hydrogen-bond donors (Lipinski definition) is 1. The molecule has 0 spiro atoms. The first-order chi connectivity index (χ1) is 21.2. The first kappa shape index (κ1) is 31.5. The minimum Gasteiger partial charge on any atom is -0.496 e. The second-order valence-corrected chi connectivity index (χ2v) is 13.1. The number of methoxy groups -OCH3 is 1. The van der Waals surface area contributed by atoms with Crippen LogP contribution in [0.15, 0.2) is 73.3 Å². The van der Waals surface area contributed by atoms with E-state index in [9.17, 15) is 12.8 Å². The van der Waals surface area contributed by atoms with Crippen molar-refractivity contribution < 1.29 is 31.8 Å². The van der Waals surface area contributed by atoms with Crippen LogP contribution in [-0.4, -0.2) is 50.2 Å². The molecule has 44 heavy (non-hydrogen) atoms. The van der Waals surface area contributed by atoms with Crippen LogP contribution in [0.3, 0.4) is 0 Å². The summed E-state index contributed by atoms with van der Waals surface area (Å²) in [5.74, 6) is 1.34. The molecule has 3 aromatic carbocycles. The number of ether oxygens (including phenoxy) is 4. The minimum absolute atomic E-state index is 0.0224. The van der Waals surface area contributed by atoms with Gasteiger partial charge in [0.15, 0.2) is 9.84 Å². The quantitative estimate of drug-likeness (QED) is 0.150. The highest BCUT2D eigenvalue weighted by molar-refractivity contribution is 7.91. The number of anilines is 2. The molecule has 0 fully saturated rings. The van der Waals surface area contributed by atoms with Crippen LogP contribution in [0, 0.1) is 5.82 Å². The van der Waals surface area contributed by atoms with Gasteiger partial charge in [0.25, 0.3) is 0 Å². The Morgan fingerprint density at radius 2 is 1.95 bits per heavy atom. The van der Waals surface area contributed by atoms with E-state index in [1.807, 2.05) is 24.3 Å². The van der Waals surface area contributed by atoms with Gasteiger partial charge in [-0.25, -0.2) is 22.8 Å². The van der Waals surface area contributed by atoms with Gasteiger partial charge in [0, 0.05) is 41.3 Å². The molecule has 0 saturated carbocycles. The maximum Gasteiger partial charge on any atom is 0.152 e. The molecule has 232 valence electrons. The van der Waals surface area contributed by atoms with E-state index in [1.165, 1.54) is 18.5 Å². The van der Waals surface area contributed by atoms with E-state index < -0.39 is 15.4 Å². The molecular weight excluding hydrogens is 609 g/mol. The number of nitrogens with one attached hydrogen (secondary N) is 1. The lowest BCUT2D eigenvalue weighted by Gasteiger charge is -2.31. The van der Waals surface area contributed by atoms with E-state index >= 15 is 0 Å². The summed E-state index contributed by atoms with van der Waals surface area (Å²) in [6.07, 6.45) is 6.10. The fourth-order valence-electron chi connectivity index (χ4n) is 4.93. The lowest BCUT2D eigenvalue weighted by atomic mass is 9.86. The number of nitrogens with zero attached hydrogens (tertiary/aromatic N) is 2. The van der Waals surface area contributed by atoms with Crippen molar-refractivity contribution in [3.05, 3.63) is 95.2 Å². The topological polar surface area (TPSA) is 109 Å². The second kappa shape index (κ2) is 13.8. The summed E-state index contributed by atoms with van der Waals surface area (Å²) < 4.78 is 60.6. The standard InChI is InChI=1S/C32H33ClFN3O6S/c1-3-44(38,39)15-14-41-13-11-32(10-5-12-43-32)26-18-25-28(19-30(26)40-2)35-21-36-31(25)37-24-8-9-29(27(33)17-24)42-20-22-6-4-7-23(34)16-22/h4-9,12,16-19,21H,3,10-11,13-15,20H2,1-2H3,(H,35,36,37). The number of rotatable bonds is 14. The number of fused-ring (bicyclic) bond motifs is 1. The van der Waals surface area contributed by atoms with Crippen LogP contribution in [0.4, 0.5) is 15.9 Å². The van der Waals surface area contributed by atoms with E-state index in [0.29, 0.717) is 58.6 Å². The molecule has 0 amide bonds. The predicted octanol–water partition coefficient (Wildman–Crippen LogP) is 6.72. The van der Waals surface area contributed by atoms with Crippen LogP contribution in [0.25, 0.3) is 10.9 Å². The van der Waals surface area contributed by atoms with Gasteiger partial charge < -0.3 is 24.3 Å². The highest BCUT2D eigenvalue weighted by Crippen LogP contribution is 2.44. The molecule has 4 aromatic rings. The number of hydrogen-bond acceptors (Lipinski definition) is 9. The fourth-order valence-corrected chi connectivity index (χ4v) is 5.83. The van der Waals surface area contributed by atoms with Crippen LogP contribution in [0.1, 0.15) is 30.9 Å². The molecule has 12 heteroatoms. The van der Waals surface area contributed by atoms with Crippen molar-refractivity contribution >= 4 is 43.8 Å². The third-order valence-electron chi connectivity index (χ3n) is 7.39. The average molecular weight is 642 g/mol. The molecule has 2 heterocycles. The van der Waals surface area contributed by atoms with Crippen molar-refractivity contribution in [2.24, 2.45) is 0 Å². The lowest BCUT2D eigenvalue weighted by Crippen LogP contribution is -2.28. The molecule has 1 atom stereocenters. The molecule has 0 saturated heterocycles. The first-order valence-corrected chi connectivity index (χ1v) is 16.3. The zero-order valence-electron chi connectivity index (χ0n) is 24.4. The predicted molar refractivity (Wildman–Crippen MR) is 168 cm³/mol. The van der Waals surface area contributed by atoms with Gasteiger partial charge in [-0.15, -0.1) is 0 Å². The van der Waals surface area contributed by atoms with Crippen LogP contribution >= 0.6 is 11.6 Å². The van der Waals surface area contributed by atoms with Gasteiger partial charge >= 0.3 is 0 Å². The van der Waals surface area contributed by atoms with E-state index in [1.54, 1.807) is 44.6 Å². The average Bonchev–Trinajstić information content (AvgIpc) is 3.50. The highest BCUT2D eigenvalue weighted by atomic mass is 35.5. The van der Waals surface area contributed by atoms with Crippen molar-refractivity contribution in [1.82, 2.24) is 9.97 Å². The normalized spacial score (nSPS) is 16.2. The summed E-state index contributed by atoms with van der Waals surface area (Å²) in [5, 5.41) is 4.43. The van der Waals surface area contributed by atoms with Crippen molar-refractivity contribution in [3.8, 4) is 11.5 Å². The molecule has 1 aromatic heterocycles. The zero-order chi connectivity index (χ0) is 31.2. The van der Waals surface area contributed by atoms with Gasteiger partial charge in [0.1, 0.15) is 41.7 Å². The smallest absolute Gasteiger partial charge is 0.152 e. The molecule has 1 aliphatic rings. The Hall–Kier alpha value is -3.93. The largest absolute Gasteiger partial charge is 0.496 e. The van der Waals surface area contributed by atoms with Gasteiger partial charge in [-0.2, -0.15) is 0 Å². The summed E-state index contributed by atoms with van der Waals surface area (Å²) in [5.41, 5.74) is 2.04. The van der Waals surface area contributed by atoms with Crippen molar-refractivity contribution in [1.29, 1.82) is 0 Å². The number of aromatic nitrogens is 2. The maximum atomic E-state index is 13.5. The van der Waals surface area contributed by atoms with Gasteiger partial charge in [-0.1, -0.05) is 30.7 Å². The van der Waals surface area contributed by atoms with Crippen molar-refractivity contribution in [2.45, 2.75) is 32.0 Å². The molecule has 1 aliphatic heterocycles. The van der Waals surface area contributed by atoms with Gasteiger partial charge in [-0.3, -0.25) is 0 Å². The SMILES string of the molecule is CCS(=O)(=O)CCOCCC1(c2cc3c(Nc4ccc(OCc5cccc(F)c5)c(Cl)c4)ncnc3cc2OC)CC=CO1. The summed E-state index contributed by atoms with van der Waals surface area (Å²) in [4.78, 5) is 8.94. The van der Waals surface area contributed by atoms with E-state index in [-0.39, 0.29) is 30.5 Å². The summed E-state index contributed by atoms with van der Waals surface area (Å²) in [6, 6.07) is 15.3. The molecule has 0 bridgehead atoms. The van der Waals surface area contributed by atoms with E-state index in [2.05, 4.69) is 15.3 Å². The molecule has 0 aliphatic carbocycles. The van der Waals surface area contributed by atoms with Crippen LogP contribution < -0.4 is 14.8 Å². The minimum atomic E-state index is -3.11. The molecule has 0 radical (unpaired) electrons. The Bertz CT molecular complexity index is 1760. The molecule has 5 rings (SSSR count). The fraction of sp³-hybridized carbons (Fsp3) is 0.312. The third kappa shape index (κ3) is 7.40. The summed E-state index contributed by atoms with van der Waals surface area (Å²) in [6.45, 7) is 2.21. The Morgan fingerprint density at radius 1 is 1.09 bits per heavy atom. The van der Waals surface area contributed by atoms with E-state index in [0.717, 1.165) is 10.9 Å². The van der Waals surface area contributed by atoms with Gasteiger partial charge in [0.2, 0.25) is 0 Å². The third-order valence-corrected chi connectivity index (χ3v) is 9.36. The lowest BCUT2D eigenvalue weighted by molar-refractivity contribution is 0.00121. The number of benzene rings is 3. The van der Waals surface area contributed by atoms with Gasteiger partial charge in [0.05, 0.1) is 42.9 Å². The Morgan fingerprint density at radius 3 is 2.68 bits per heavy atom. The molecule has 9 nitrogen and oxygen atoms in total. The summed E-state index contributed by atoms with van der Waals surface area (Å²) >= 11 is 6.53. The second-order valence-electron chi connectivity index (χ2n) is 10.3. The number of sulfone groups is 1. The van der Waals surface area contributed by atoms with Crippen molar-refractivity contribution in [2.75, 3.05) is 37.1 Å². The number of halogens is 2.